The molecule has 0 rings (SSSR count). The third-order valence-electron chi connectivity index (χ3n) is 0.577. The normalized spacial score (nSPS) is 4.11. The van der Waals surface area contributed by atoms with Gasteiger partial charge in [0.15, 0.2) is 0 Å². The van der Waals surface area contributed by atoms with Gasteiger partial charge in [0.25, 0.3) is 0 Å². The first-order chi connectivity index (χ1) is 4.54. The zero-order chi connectivity index (χ0) is 8.57. The Kier molecular flexibility index (Phi) is 245. The molecule has 0 amide bonds. The van der Waals surface area contributed by atoms with E-state index in [0.717, 1.165) is 0 Å². The first-order valence-electron chi connectivity index (χ1n) is 2.94. The Labute approximate surface area is 176 Å². The van der Waals surface area contributed by atoms with E-state index in [1.807, 2.05) is 0 Å². The summed E-state index contributed by atoms with van der Waals surface area (Å²) in [6.45, 7) is 3.07. The van der Waals surface area contributed by atoms with E-state index in [1.54, 1.807) is 0 Å². The minimum absolute atomic E-state index is 0. The summed E-state index contributed by atoms with van der Waals surface area (Å²) in [5.74, 6) is -1.99. The standard InChI is InChI=1S/2C3H6O2.4BrH.2H2O.2Re/c2*1-2-3(4)5;;;;;;;;/h2*2H2,1H3,(H,4,5);4*1H;2*1H2;;/p-6. The van der Waals surface area contributed by atoms with Crippen molar-refractivity contribution in [2.45, 2.75) is 26.7 Å². The van der Waals surface area contributed by atoms with Crippen molar-refractivity contribution in [1.29, 1.82) is 0 Å². The first-order valence-corrected chi connectivity index (χ1v) is 2.94. The van der Waals surface area contributed by atoms with Gasteiger partial charge in [0.05, 0.1) is 0 Å². The summed E-state index contributed by atoms with van der Waals surface area (Å²) in [7, 11) is 0. The van der Waals surface area contributed by atoms with Gasteiger partial charge in [0.1, 0.15) is 0 Å². The third-order valence-corrected chi connectivity index (χ3v) is 0.577. The van der Waals surface area contributed by atoms with Crippen molar-refractivity contribution in [2.24, 2.45) is 0 Å². The number of hydrogen-bond acceptors (Lipinski definition) is 4. The molecule has 18 heavy (non-hydrogen) atoms. The van der Waals surface area contributed by atoms with Gasteiger partial charge in [-0.2, -0.15) is 0 Å². The number of halogens is 4. The van der Waals surface area contributed by atoms with E-state index in [-0.39, 0.29) is 133 Å². The van der Waals surface area contributed by atoms with E-state index in [0.29, 0.717) is 0 Å². The monoisotopic (exact) mass is 872 g/mol. The molecule has 0 saturated heterocycles. The molecule has 122 valence electrons. The molecule has 0 aromatic rings. The van der Waals surface area contributed by atoms with Crippen LogP contribution in [0, 0.1) is 0 Å². The Bertz CT molecular complexity index is 119. The molecule has 0 aliphatic carbocycles. The van der Waals surface area contributed by atoms with Crippen LogP contribution < -0.4 is 78.1 Å². The molecule has 0 bridgehead atoms. The number of rotatable bonds is 2. The van der Waals surface area contributed by atoms with Crippen LogP contribution in [0.25, 0.3) is 0 Å². The van der Waals surface area contributed by atoms with Crippen LogP contribution in [0.15, 0.2) is 0 Å². The smallest absolute Gasteiger partial charge is 0.0411 e. The Morgan fingerprint density at radius 2 is 0.778 bits per heavy atom. The molecule has 4 N–H and O–H groups in total. The van der Waals surface area contributed by atoms with E-state index in [4.69, 9.17) is 0 Å². The summed E-state index contributed by atoms with van der Waals surface area (Å²) in [6, 6.07) is 0. The van der Waals surface area contributed by atoms with E-state index in [9.17, 15) is 19.8 Å². The second-order valence-electron chi connectivity index (χ2n) is 1.45. The van der Waals surface area contributed by atoms with E-state index in [1.165, 1.54) is 13.8 Å². The van der Waals surface area contributed by atoms with Crippen LogP contribution in [0.1, 0.15) is 26.7 Å². The second kappa shape index (κ2) is 61.3. The minimum Gasteiger partial charge on any atom is -1.00 e. The van der Waals surface area contributed by atoms with Crippen molar-refractivity contribution in [3.63, 3.8) is 0 Å². The van der Waals surface area contributed by atoms with Gasteiger partial charge < -0.3 is 98.7 Å². The molecule has 0 saturated carbocycles. The topological polar surface area (TPSA) is 143 Å². The first kappa shape index (κ1) is 71.9. The van der Waals surface area contributed by atoms with Gasteiger partial charge in [-0.1, -0.05) is 13.8 Å². The van der Waals surface area contributed by atoms with Crippen molar-refractivity contribution >= 4 is 11.9 Å². The number of carbonyl (C=O) groups is 2. The van der Waals surface area contributed by atoms with Gasteiger partial charge in [-0.25, -0.2) is 0 Å². The number of carboxylic acid groups (broad SMARTS) is 2. The third kappa shape index (κ3) is 142. The molecule has 0 heterocycles. The van der Waals surface area contributed by atoms with Crippen molar-refractivity contribution in [3.8, 4) is 0 Å². The van der Waals surface area contributed by atoms with Crippen molar-refractivity contribution in [1.82, 2.24) is 0 Å². The van der Waals surface area contributed by atoms with E-state index >= 15 is 0 Å². The quantitative estimate of drug-likeness (QED) is 0.272. The van der Waals surface area contributed by atoms with Gasteiger partial charge in [0.2, 0.25) is 0 Å². The van der Waals surface area contributed by atoms with Gasteiger partial charge >= 0.3 is 0 Å². The molecule has 0 fully saturated rings. The molecule has 0 aliphatic rings. The summed E-state index contributed by atoms with van der Waals surface area (Å²) in [5.41, 5.74) is 0. The molecular weight excluding hydrogens is 860 g/mol. The average molecular weight is 874 g/mol. The number of hydrogen-bond donors (Lipinski definition) is 0. The molecule has 12 heteroatoms. The van der Waals surface area contributed by atoms with E-state index in [2.05, 4.69) is 0 Å². The van der Waals surface area contributed by atoms with Crippen LogP contribution in [-0.2, 0) is 50.4 Å². The maximum atomic E-state index is 9.26. The fourth-order valence-corrected chi connectivity index (χ4v) is 0. The fraction of sp³-hybridized carbons (Fsp3) is 0.667. The number of carboxylic acids is 2. The van der Waals surface area contributed by atoms with Crippen molar-refractivity contribution < 1.29 is 140 Å². The number of aliphatic carboxylic acids is 2. The molecular formula is C6H14Br4O6Re2-6. The van der Waals surface area contributed by atoms with Gasteiger partial charge in [0, 0.05) is 52.8 Å². The zero-order valence-corrected chi connectivity index (χ0v) is 21.1. The largest absolute Gasteiger partial charge is 1.00 e. The molecule has 6 nitrogen and oxygen atoms in total. The van der Waals surface area contributed by atoms with Crippen LogP contribution in [0.3, 0.4) is 0 Å². The molecule has 0 aliphatic heterocycles. The van der Waals surface area contributed by atoms with Gasteiger partial charge in [-0.15, -0.1) is 0 Å². The number of carbonyl (C=O) groups excluding carboxylic acids is 2. The van der Waals surface area contributed by atoms with E-state index < -0.39 is 11.9 Å². The Balaban J connectivity index is -0.00000000615. The zero-order valence-electron chi connectivity index (χ0n) is 9.31. The van der Waals surface area contributed by atoms with Gasteiger partial charge in [-0.05, 0) is 12.8 Å². The summed E-state index contributed by atoms with van der Waals surface area (Å²) in [4.78, 5) is 18.5. The summed E-state index contributed by atoms with van der Waals surface area (Å²) in [5, 5.41) is 18.5. The van der Waals surface area contributed by atoms with Crippen LogP contribution >= 0.6 is 0 Å². The molecule has 0 unspecified atom stereocenters. The van der Waals surface area contributed by atoms with Crippen LogP contribution in [0.5, 0.6) is 0 Å². The van der Waals surface area contributed by atoms with Gasteiger partial charge in [-0.3, -0.25) is 0 Å². The second-order valence-corrected chi connectivity index (χ2v) is 1.45. The Hall–Kier alpha value is 2.10. The predicted octanol–water partition coefficient (Wildman–Crippen LogP) is -15.3. The Morgan fingerprint density at radius 1 is 0.722 bits per heavy atom. The molecule has 0 spiro atoms. The van der Waals surface area contributed by atoms with Crippen molar-refractivity contribution in [3.05, 3.63) is 0 Å². The SMILES string of the molecule is CCC(=O)[O-].CCC(=O)[O-].O.O.[Br-].[Br-].[Br-].[Br-].[Re].[Re]. The predicted molar refractivity (Wildman–Crippen MR) is 37.8 cm³/mol. The fourth-order valence-electron chi connectivity index (χ4n) is 0. The maximum Gasteiger partial charge on any atom is 0.0411 e. The van der Waals surface area contributed by atoms with Crippen LogP contribution in [-0.4, -0.2) is 22.9 Å². The van der Waals surface area contributed by atoms with Crippen molar-refractivity contribution in [2.75, 3.05) is 0 Å². The summed E-state index contributed by atoms with van der Waals surface area (Å²) in [6.07, 6.45) is 0.222. The van der Waals surface area contributed by atoms with Crippen LogP contribution in [0.4, 0.5) is 0 Å². The summed E-state index contributed by atoms with van der Waals surface area (Å²) >= 11 is 0. The molecule has 0 aromatic carbocycles. The average Bonchev–Trinajstić information content (AvgIpc) is 1.89. The summed E-state index contributed by atoms with van der Waals surface area (Å²) < 4.78 is 0. The molecule has 0 aromatic heterocycles. The minimum atomic E-state index is -0.995. The maximum absolute atomic E-state index is 9.26. The van der Waals surface area contributed by atoms with Crippen LogP contribution in [0.2, 0.25) is 0 Å². The molecule has 2 radical (unpaired) electrons. The molecule has 0 atom stereocenters. The Morgan fingerprint density at radius 3 is 0.778 bits per heavy atom.